The van der Waals surface area contributed by atoms with Crippen LogP contribution in [0.3, 0.4) is 0 Å². The highest BCUT2D eigenvalue weighted by molar-refractivity contribution is 6.31. The number of hydrogen-bond acceptors (Lipinski definition) is 1. The summed E-state index contributed by atoms with van der Waals surface area (Å²) in [7, 11) is 0. The van der Waals surface area contributed by atoms with Gasteiger partial charge in [-0.25, -0.2) is 0 Å². The molecule has 0 atom stereocenters. The fourth-order valence-electron chi connectivity index (χ4n) is 2.88. The summed E-state index contributed by atoms with van der Waals surface area (Å²) in [5, 5.41) is 5.31. The standard InChI is InChI=1S/C13H20Cl2N2/c1-3-17-11(12(15)10(2)16-17)8-13(9-14)6-4-5-7-13/h3-9H2,1-2H3. The second kappa shape index (κ2) is 5.19. The molecule has 0 amide bonds. The second-order valence-corrected chi connectivity index (χ2v) is 5.82. The SMILES string of the molecule is CCn1nc(C)c(Cl)c1CC1(CCl)CCCC1. The van der Waals surface area contributed by atoms with Gasteiger partial charge >= 0.3 is 0 Å². The Kier molecular flexibility index (Phi) is 4.04. The Morgan fingerprint density at radius 1 is 1.35 bits per heavy atom. The lowest BCUT2D eigenvalue weighted by atomic mass is 9.83. The number of rotatable bonds is 4. The normalized spacial score (nSPS) is 18.8. The average Bonchev–Trinajstić information content (AvgIpc) is 2.90. The van der Waals surface area contributed by atoms with Gasteiger partial charge in [0.1, 0.15) is 0 Å². The molecular weight excluding hydrogens is 255 g/mol. The summed E-state index contributed by atoms with van der Waals surface area (Å²) in [6.07, 6.45) is 6.01. The molecule has 2 nitrogen and oxygen atoms in total. The third kappa shape index (κ3) is 2.48. The van der Waals surface area contributed by atoms with Crippen molar-refractivity contribution in [3.8, 4) is 0 Å². The van der Waals surface area contributed by atoms with Crippen LogP contribution in [0.2, 0.25) is 5.02 Å². The van der Waals surface area contributed by atoms with Gasteiger partial charge in [-0.3, -0.25) is 4.68 Å². The zero-order valence-corrected chi connectivity index (χ0v) is 12.1. The monoisotopic (exact) mass is 274 g/mol. The molecule has 1 heterocycles. The minimum absolute atomic E-state index is 0.255. The molecule has 4 heteroatoms. The molecule has 0 N–H and O–H groups in total. The summed E-state index contributed by atoms with van der Waals surface area (Å²) in [5.41, 5.74) is 2.37. The molecule has 17 heavy (non-hydrogen) atoms. The van der Waals surface area contributed by atoms with Gasteiger partial charge in [-0.05, 0) is 38.5 Å². The van der Waals surface area contributed by atoms with E-state index in [9.17, 15) is 0 Å². The van der Waals surface area contributed by atoms with Crippen LogP contribution in [0.5, 0.6) is 0 Å². The Bertz CT molecular complexity index is 392. The van der Waals surface area contributed by atoms with Crippen LogP contribution in [0.15, 0.2) is 0 Å². The van der Waals surface area contributed by atoms with Crippen LogP contribution in [0, 0.1) is 12.3 Å². The lowest BCUT2D eigenvalue weighted by Gasteiger charge is -2.26. The van der Waals surface area contributed by atoms with Crippen LogP contribution < -0.4 is 0 Å². The number of aryl methyl sites for hydroxylation is 2. The summed E-state index contributed by atoms with van der Waals surface area (Å²) < 4.78 is 2.03. The molecule has 0 saturated heterocycles. The van der Waals surface area contributed by atoms with Crippen molar-refractivity contribution in [2.45, 2.75) is 52.5 Å². The minimum Gasteiger partial charge on any atom is -0.268 e. The first-order valence-electron chi connectivity index (χ1n) is 6.39. The van der Waals surface area contributed by atoms with Crippen LogP contribution in [-0.4, -0.2) is 15.7 Å². The first-order valence-corrected chi connectivity index (χ1v) is 7.31. The molecule has 0 spiro atoms. The quantitative estimate of drug-likeness (QED) is 0.753. The molecule has 2 rings (SSSR count). The highest BCUT2D eigenvalue weighted by Gasteiger charge is 2.35. The molecular formula is C13H20Cl2N2. The fraction of sp³-hybridized carbons (Fsp3) is 0.769. The summed E-state index contributed by atoms with van der Waals surface area (Å²) in [6, 6.07) is 0. The smallest absolute Gasteiger partial charge is 0.0847 e. The summed E-state index contributed by atoms with van der Waals surface area (Å²) in [6.45, 7) is 4.95. The van der Waals surface area contributed by atoms with E-state index < -0.39 is 0 Å². The van der Waals surface area contributed by atoms with E-state index in [4.69, 9.17) is 23.2 Å². The Hall–Kier alpha value is -0.210. The van der Waals surface area contributed by atoms with E-state index in [1.165, 1.54) is 31.4 Å². The van der Waals surface area contributed by atoms with E-state index in [-0.39, 0.29) is 5.41 Å². The molecule has 0 bridgehead atoms. The highest BCUT2D eigenvalue weighted by Crippen LogP contribution is 2.43. The first kappa shape index (κ1) is 13.2. The van der Waals surface area contributed by atoms with Crippen molar-refractivity contribution in [2.24, 2.45) is 5.41 Å². The van der Waals surface area contributed by atoms with Crippen molar-refractivity contribution < 1.29 is 0 Å². The largest absolute Gasteiger partial charge is 0.268 e. The zero-order chi connectivity index (χ0) is 12.5. The summed E-state index contributed by atoms with van der Waals surface area (Å²) in [5.74, 6) is 0.733. The predicted molar refractivity (Wildman–Crippen MR) is 73.0 cm³/mol. The molecule has 0 unspecified atom stereocenters. The minimum atomic E-state index is 0.255. The van der Waals surface area contributed by atoms with E-state index in [0.29, 0.717) is 0 Å². The average molecular weight is 275 g/mol. The van der Waals surface area contributed by atoms with Gasteiger partial charge in [0.15, 0.2) is 0 Å². The van der Waals surface area contributed by atoms with Gasteiger partial charge in [0.25, 0.3) is 0 Å². The molecule has 1 saturated carbocycles. The Balaban J connectivity index is 2.28. The van der Waals surface area contributed by atoms with Gasteiger partial charge in [0.05, 0.1) is 16.4 Å². The highest BCUT2D eigenvalue weighted by atomic mass is 35.5. The van der Waals surface area contributed by atoms with Crippen molar-refractivity contribution in [2.75, 3.05) is 5.88 Å². The summed E-state index contributed by atoms with van der Waals surface area (Å²) >= 11 is 12.6. The molecule has 96 valence electrons. The summed E-state index contributed by atoms with van der Waals surface area (Å²) in [4.78, 5) is 0. The Labute approximate surface area is 113 Å². The molecule has 0 aliphatic heterocycles. The van der Waals surface area contributed by atoms with Crippen molar-refractivity contribution in [1.82, 2.24) is 9.78 Å². The maximum absolute atomic E-state index is 6.36. The molecule has 1 aromatic heterocycles. The lowest BCUT2D eigenvalue weighted by molar-refractivity contribution is 0.330. The van der Waals surface area contributed by atoms with E-state index in [2.05, 4.69) is 12.0 Å². The Morgan fingerprint density at radius 3 is 2.53 bits per heavy atom. The predicted octanol–water partition coefficient (Wildman–Crippen LogP) is 4.21. The van der Waals surface area contributed by atoms with Crippen molar-refractivity contribution in [3.63, 3.8) is 0 Å². The van der Waals surface area contributed by atoms with Crippen molar-refractivity contribution in [3.05, 3.63) is 16.4 Å². The second-order valence-electron chi connectivity index (χ2n) is 5.18. The fourth-order valence-corrected chi connectivity index (χ4v) is 3.44. The van der Waals surface area contributed by atoms with Crippen LogP contribution in [-0.2, 0) is 13.0 Å². The molecule has 0 radical (unpaired) electrons. The van der Waals surface area contributed by atoms with E-state index in [1.54, 1.807) is 0 Å². The van der Waals surface area contributed by atoms with Gasteiger partial charge in [-0.2, -0.15) is 5.10 Å². The third-order valence-electron chi connectivity index (χ3n) is 3.94. The molecule has 1 aliphatic rings. The molecule has 0 aromatic carbocycles. The van der Waals surface area contributed by atoms with Crippen LogP contribution in [0.4, 0.5) is 0 Å². The van der Waals surface area contributed by atoms with Gasteiger partial charge < -0.3 is 0 Å². The van der Waals surface area contributed by atoms with Crippen LogP contribution in [0.1, 0.15) is 44.0 Å². The maximum atomic E-state index is 6.36. The third-order valence-corrected chi connectivity index (χ3v) is 5.00. The Morgan fingerprint density at radius 2 is 2.00 bits per heavy atom. The lowest BCUT2D eigenvalue weighted by Crippen LogP contribution is -2.23. The number of aromatic nitrogens is 2. The van der Waals surface area contributed by atoms with Gasteiger partial charge in [0, 0.05) is 12.4 Å². The van der Waals surface area contributed by atoms with E-state index >= 15 is 0 Å². The zero-order valence-electron chi connectivity index (χ0n) is 10.6. The van der Waals surface area contributed by atoms with E-state index in [1.807, 2.05) is 11.6 Å². The van der Waals surface area contributed by atoms with Gasteiger partial charge in [-0.15, -0.1) is 11.6 Å². The van der Waals surface area contributed by atoms with Crippen LogP contribution >= 0.6 is 23.2 Å². The molecule has 1 aromatic rings. The first-order chi connectivity index (χ1) is 8.12. The topological polar surface area (TPSA) is 17.8 Å². The number of nitrogens with zero attached hydrogens (tertiary/aromatic N) is 2. The number of alkyl halides is 1. The van der Waals surface area contributed by atoms with Crippen molar-refractivity contribution >= 4 is 23.2 Å². The number of hydrogen-bond donors (Lipinski definition) is 0. The maximum Gasteiger partial charge on any atom is 0.0847 e. The van der Waals surface area contributed by atoms with E-state index in [0.717, 1.165) is 29.6 Å². The van der Waals surface area contributed by atoms with Gasteiger partial charge in [0.2, 0.25) is 0 Å². The molecule has 1 fully saturated rings. The number of halogens is 2. The van der Waals surface area contributed by atoms with Gasteiger partial charge in [-0.1, -0.05) is 24.4 Å². The molecule has 1 aliphatic carbocycles. The van der Waals surface area contributed by atoms with Crippen LogP contribution in [0.25, 0.3) is 0 Å². The van der Waals surface area contributed by atoms with Crippen molar-refractivity contribution in [1.29, 1.82) is 0 Å².